The van der Waals surface area contributed by atoms with Crippen LogP contribution in [0.25, 0.3) is 5.76 Å². The van der Waals surface area contributed by atoms with E-state index in [0.29, 0.717) is 5.56 Å². The van der Waals surface area contributed by atoms with Gasteiger partial charge in [0.05, 0.1) is 11.7 Å². The van der Waals surface area contributed by atoms with Gasteiger partial charge in [0.1, 0.15) is 17.4 Å². The zero-order valence-electron chi connectivity index (χ0n) is 24.9. The van der Waals surface area contributed by atoms with E-state index in [1.807, 2.05) is 18.2 Å². The Bertz CT molecular complexity index is 1520. The largest absolute Gasteiger partial charge is 0.507 e. The lowest BCUT2D eigenvalue weighted by atomic mass is 9.54. The Balaban J connectivity index is 1.29. The number of fused-ring (bicyclic) bond motifs is 3. The summed E-state index contributed by atoms with van der Waals surface area (Å²) >= 11 is 0. The molecule has 1 amide bonds. The van der Waals surface area contributed by atoms with Crippen LogP contribution >= 0.6 is 0 Å². The summed E-state index contributed by atoms with van der Waals surface area (Å²) in [5.74, 6) is -7.44. The van der Waals surface area contributed by atoms with E-state index in [9.17, 15) is 34.8 Å². The van der Waals surface area contributed by atoms with E-state index in [1.165, 1.54) is 11.6 Å². The highest BCUT2D eigenvalue weighted by molar-refractivity contribution is 6.25. The molecule has 0 radical (unpaired) electrons. The van der Waals surface area contributed by atoms with Crippen LogP contribution in [-0.2, 0) is 27.3 Å². The number of phenolic OH excluding ortho intramolecular Hbond substituents is 1. The Kier molecular flexibility index (Phi) is 7.77. The van der Waals surface area contributed by atoms with Crippen LogP contribution in [0.5, 0.6) is 5.75 Å². The zero-order chi connectivity index (χ0) is 31.5. The molecule has 3 aliphatic carbocycles. The van der Waals surface area contributed by atoms with Crippen LogP contribution in [0.4, 0.5) is 5.69 Å². The number of benzene rings is 2. The highest BCUT2D eigenvalue weighted by Gasteiger charge is 2.67. The quantitative estimate of drug-likeness (QED) is 0.208. The van der Waals surface area contributed by atoms with Crippen molar-refractivity contribution < 1.29 is 34.8 Å². The van der Waals surface area contributed by atoms with Crippen molar-refractivity contribution >= 4 is 28.9 Å². The van der Waals surface area contributed by atoms with E-state index in [0.717, 1.165) is 38.2 Å². The number of Topliss-reactive ketones (excluding diaryl/α,β-unsaturated/α-hetero) is 2. The third-order valence-electron chi connectivity index (χ3n) is 10.2. The first kappa shape index (κ1) is 30.3. The number of aliphatic hydroxyl groups is 3. The van der Waals surface area contributed by atoms with Crippen LogP contribution in [0, 0.1) is 17.8 Å². The fraction of sp³-hybridized carbons (Fsp3) is 0.485. The number of carbonyl (C=O) groups is 3. The van der Waals surface area contributed by atoms with Gasteiger partial charge in [0, 0.05) is 48.9 Å². The summed E-state index contributed by atoms with van der Waals surface area (Å²) in [5.41, 5.74) is 5.40. The molecule has 1 heterocycles. The Labute approximate surface area is 256 Å². The normalized spacial score (nSPS) is 31.0. The molecule has 11 heteroatoms. The number of primary amides is 1. The average Bonchev–Trinajstić information content (AvgIpc) is 2.97. The minimum absolute atomic E-state index is 0.0885. The number of nitrogens with two attached hydrogens (primary N) is 1. The van der Waals surface area contributed by atoms with Crippen LogP contribution in [-0.4, -0.2) is 98.7 Å². The molecule has 4 aliphatic rings. The summed E-state index contributed by atoms with van der Waals surface area (Å²) in [7, 11) is 3.27. The van der Waals surface area contributed by atoms with Crippen LogP contribution in [0.1, 0.15) is 36.0 Å². The van der Waals surface area contributed by atoms with Gasteiger partial charge in [-0.3, -0.25) is 19.3 Å². The molecule has 0 spiro atoms. The third kappa shape index (κ3) is 4.79. The average molecular weight is 605 g/mol. The summed E-state index contributed by atoms with van der Waals surface area (Å²) in [4.78, 5) is 43.7. The van der Waals surface area contributed by atoms with Crippen molar-refractivity contribution in [2.45, 2.75) is 56.0 Å². The molecule has 11 nitrogen and oxygen atoms in total. The molecule has 2 saturated carbocycles. The van der Waals surface area contributed by atoms with Gasteiger partial charge in [-0.1, -0.05) is 30.3 Å². The monoisotopic (exact) mass is 604 g/mol. The topological polar surface area (TPSA) is 177 Å². The first-order valence-electron chi connectivity index (χ1n) is 15.2. The summed E-state index contributed by atoms with van der Waals surface area (Å²) in [6, 6.07) is 12.8. The Morgan fingerprint density at radius 1 is 1.09 bits per heavy atom. The lowest BCUT2D eigenvalue weighted by Gasteiger charge is -2.53. The van der Waals surface area contributed by atoms with Gasteiger partial charge in [-0.2, -0.15) is 0 Å². The number of aliphatic hydroxyl groups excluding tert-OH is 2. The second kappa shape index (κ2) is 11.3. The number of anilines is 1. The number of phenols is 1. The Morgan fingerprint density at radius 3 is 2.41 bits per heavy atom. The third-order valence-corrected chi connectivity index (χ3v) is 10.2. The van der Waals surface area contributed by atoms with Crippen molar-refractivity contribution in [2.24, 2.45) is 23.5 Å². The number of ketones is 2. The number of hydrogen-bond acceptors (Lipinski definition) is 10. The first-order chi connectivity index (χ1) is 20.9. The number of likely N-dealkylation sites (tertiary alicyclic amines) is 1. The number of rotatable bonds is 6. The van der Waals surface area contributed by atoms with Crippen molar-refractivity contribution in [3.8, 4) is 5.75 Å². The first-order valence-corrected chi connectivity index (χ1v) is 15.2. The molecule has 2 aromatic carbocycles. The number of likely N-dealkylation sites (N-methyl/N-ethyl adjacent to an activating group) is 1. The summed E-state index contributed by atoms with van der Waals surface area (Å²) in [6.07, 6.45) is 0.638. The van der Waals surface area contributed by atoms with Crippen molar-refractivity contribution in [1.82, 2.24) is 9.80 Å². The maximum absolute atomic E-state index is 14.0. The molecule has 2 aromatic rings. The number of piperidine rings is 1. The summed E-state index contributed by atoms with van der Waals surface area (Å²) in [5, 5.41) is 48.8. The molecule has 6 atom stereocenters. The summed E-state index contributed by atoms with van der Waals surface area (Å²) < 4.78 is 0. The van der Waals surface area contributed by atoms with Crippen molar-refractivity contribution in [2.75, 3.05) is 32.5 Å². The molecule has 1 saturated heterocycles. The second-order valence-electron chi connectivity index (χ2n) is 13.0. The highest BCUT2D eigenvalue weighted by atomic mass is 16.3. The van der Waals surface area contributed by atoms with Crippen LogP contribution in [0.15, 0.2) is 48.0 Å². The lowest BCUT2D eigenvalue weighted by Crippen LogP contribution is -2.73. The van der Waals surface area contributed by atoms with E-state index in [1.54, 1.807) is 25.1 Å². The maximum atomic E-state index is 14.0. The van der Waals surface area contributed by atoms with Gasteiger partial charge in [0.2, 0.25) is 11.7 Å². The number of carbonyl (C=O) groups excluding carboxylic acids is 3. The van der Waals surface area contributed by atoms with E-state index >= 15 is 0 Å². The van der Waals surface area contributed by atoms with Gasteiger partial charge in [-0.25, -0.2) is 0 Å². The zero-order valence-corrected chi connectivity index (χ0v) is 24.9. The predicted molar refractivity (Wildman–Crippen MR) is 162 cm³/mol. The molecular formula is C33H40N4O7. The molecule has 0 aromatic heterocycles. The number of nitrogens with zero attached hydrogens (tertiary/aromatic N) is 2. The molecular weight excluding hydrogens is 564 g/mol. The molecule has 0 bridgehead atoms. The van der Waals surface area contributed by atoms with Gasteiger partial charge in [0.25, 0.3) is 0 Å². The molecule has 1 aliphatic heterocycles. The van der Waals surface area contributed by atoms with Crippen LogP contribution < -0.4 is 11.1 Å². The van der Waals surface area contributed by atoms with Crippen molar-refractivity contribution in [3.63, 3.8) is 0 Å². The standard InChI is InChI=1S/C33H40N4O7/c1-36(2)27-21-15-18-14-20-22(35-19-10-12-37(13-11-19)16-17-6-4-3-5-7-17)8-9-23(38)25(20)28(39)24(18)30(41)33(21,44)31(42)26(29(27)40)32(34)43/h3-9,18-19,21,26-27,29,35,38-40,44H,10-16H2,1-2H3,(H2,34,43)/t18-,21-,26?,27-,29?,33-/m0/s1. The molecule has 44 heavy (non-hydrogen) atoms. The number of nitrogens with one attached hydrogen (secondary N) is 1. The van der Waals surface area contributed by atoms with Gasteiger partial charge in [-0.05, 0) is 69.0 Å². The van der Waals surface area contributed by atoms with Gasteiger partial charge in [0.15, 0.2) is 11.4 Å². The molecule has 234 valence electrons. The fourth-order valence-corrected chi connectivity index (χ4v) is 8.04. The maximum Gasteiger partial charge on any atom is 0.230 e. The van der Waals surface area contributed by atoms with E-state index < -0.39 is 58.7 Å². The highest BCUT2D eigenvalue weighted by Crippen LogP contribution is 2.53. The van der Waals surface area contributed by atoms with E-state index in [4.69, 9.17) is 5.73 Å². The van der Waals surface area contributed by atoms with Crippen molar-refractivity contribution in [1.29, 1.82) is 0 Å². The predicted octanol–water partition coefficient (Wildman–Crippen LogP) is 1.21. The lowest BCUT2D eigenvalue weighted by molar-refractivity contribution is -0.184. The van der Waals surface area contributed by atoms with Crippen LogP contribution in [0.2, 0.25) is 0 Å². The van der Waals surface area contributed by atoms with Gasteiger partial charge in [-0.15, -0.1) is 0 Å². The second-order valence-corrected chi connectivity index (χ2v) is 13.0. The van der Waals surface area contributed by atoms with E-state index in [-0.39, 0.29) is 35.8 Å². The molecule has 6 rings (SSSR count). The van der Waals surface area contributed by atoms with Gasteiger partial charge < -0.3 is 36.4 Å². The number of aromatic hydroxyl groups is 1. The minimum atomic E-state index is -2.66. The van der Waals surface area contributed by atoms with Crippen LogP contribution in [0.3, 0.4) is 0 Å². The summed E-state index contributed by atoms with van der Waals surface area (Å²) in [6.45, 7) is 2.71. The van der Waals surface area contributed by atoms with Gasteiger partial charge >= 0.3 is 0 Å². The minimum Gasteiger partial charge on any atom is -0.507 e. The molecule has 7 N–H and O–H groups in total. The fourth-order valence-electron chi connectivity index (χ4n) is 8.04. The Morgan fingerprint density at radius 2 is 1.77 bits per heavy atom. The number of hydrogen-bond donors (Lipinski definition) is 6. The van der Waals surface area contributed by atoms with E-state index in [2.05, 4.69) is 22.3 Å². The number of amides is 1. The molecule has 2 unspecified atom stereocenters. The molecule has 3 fully saturated rings. The smallest absolute Gasteiger partial charge is 0.230 e. The Hall–Kier alpha value is -3.77. The SMILES string of the molecule is CN(C)[C@@H]1C(O)C(C(N)=O)C(=O)[C@@]2(O)C(=O)C3=C(O)c4c(O)ccc(NC5CCN(Cc6ccccc6)CC5)c4C[C@H]3C[C@@H]12. The van der Waals surface area contributed by atoms with Crippen molar-refractivity contribution in [3.05, 3.63) is 64.7 Å².